The fourth-order valence-electron chi connectivity index (χ4n) is 2.96. The molecule has 1 fully saturated rings. The molecule has 1 aliphatic heterocycles. The number of aromatic amines is 1. The fraction of sp³-hybridized carbons (Fsp3) is 0.533. The molecular formula is C15H21N5O2S. The van der Waals surface area contributed by atoms with Gasteiger partial charge in [0.15, 0.2) is 5.82 Å². The maximum absolute atomic E-state index is 12.1. The molecule has 1 atom stereocenters. The van der Waals surface area contributed by atoms with E-state index in [-0.39, 0.29) is 6.04 Å². The first-order chi connectivity index (χ1) is 10.8. The molecule has 23 heavy (non-hydrogen) atoms. The number of nitrogens with one attached hydrogen (secondary N) is 1. The molecule has 0 amide bonds. The minimum Gasteiger partial charge on any atom is -0.341 e. The van der Waals surface area contributed by atoms with Gasteiger partial charge in [-0.15, -0.1) is 0 Å². The first-order valence-electron chi connectivity index (χ1n) is 7.69. The van der Waals surface area contributed by atoms with Crippen LogP contribution in [-0.2, 0) is 10.0 Å². The Morgan fingerprint density at radius 2 is 2.04 bits per heavy atom. The van der Waals surface area contributed by atoms with E-state index in [1.54, 1.807) is 6.20 Å². The van der Waals surface area contributed by atoms with Crippen molar-refractivity contribution in [2.45, 2.75) is 39.2 Å². The average Bonchev–Trinajstić information content (AvgIpc) is 2.92. The Bertz CT molecular complexity index is 815. The Morgan fingerprint density at radius 1 is 1.26 bits per heavy atom. The monoisotopic (exact) mass is 335 g/mol. The molecular weight excluding hydrogens is 314 g/mol. The van der Waals surface area contributed by atoms with Gasteiger partial charge < -0.3 is 4.98 Å². The molecule has 0 radical (unpaired) electrons. The van der Waals surface area contributed by atoms with Crippen LogP contribution in [0, 0.1) is 13.8 Å². The van der Waals surface area contributed by atoms with Crippen LogP contribution in [0.5, 0.6) is 0 Å². The number of aromatic nitrogens is 4. The summed E-state index contributed by atoms with van der Waals surface area (Å²) in [5.74, 6) is 1.23. The third kappa shape index (κ3) is 3.42. The van der Waals surface area contributed by atoms with Crippen molar-refractivity contribution < 1.29 is 8.42 Å². The lowest BCUT2D eigenvalue weighted by Crippen LogP contribution is -2.38. The Morgan fingerprint density at radius 3 is 2.70 bits per heavy atom. The number of nitrogens with zero attached hydrogens (tertiary/aromatic N) is 4. The normalized spacial score (nSPS) is 19.9. The standard InChI is InChI=1S/C15H21N5O2S/c1-10-8-12(14-16-9-11(2)18-14)19-15(17-10)13-6-4-5-7-20(13)23(3,21)22/h8-9,13H,4-7H2,1-3H3,(H,16,18)/t13-/m1/s1. The van der Waals surface area contributed by atoms with Gasteiger partial charge in [0.25, 0.3) is 0 Å². The lowest BCUT2D eigenvalue weighted by atomic mass is 10.0. The number of hydrogen-bond donors (Lipinski definition) is 1. The van der Waals surface area contributed by atoms with Crippen molar-refractivity contribution >= 4 is 10.0 Å². The van der Waals surface area contributed by atoms with Crippen molar-refractivity contribution in [1.82, 2.24) is 24.2 Å². The molecule has 0 bridgehead atoms. The molecule has 1 saturated heterocycles. The molecule has 1 N–H and O–H groups in total. The zero-order valence-corrected chi connectivity index (χ0v) is 14.4. The van der Waals surface area contributed by atoms with E-state index in [2.05, 4.69) is 19.9 Å². The van der Waals surface area contributed by atoms with Gasteiger partial charge in [-0.3, -0.25) is 0 Å². The summed E-state index contributed by atoms with van der Waals surface area (Å²) < 4.78 is 25.6. The maximum atomic E-state index is 12.1. The highest BCUT2D eigenvalue weighted by atomic mass is 32.2. The molecule has 1 aliphatic rings. The fourth-order valence-corrected chi connectivity index (χ4v) is 4.09. The van der Waals surface area contributed by atoms with Crippen molar-refractivity contribution in [3.05, 3.63) is 29.5 Å². The molecule has 124 valence electrons. The molecule has 0 unspecified atom stereocenters. The number of piperidine rings is 1. The Labute approximate surface area is 136 Å². The van der Waals surface area contributed by atoms with Gasteiger partial charge in [-0.05, 0) is 32.8 Å². The van der Waals surface area contributed by atoms with Gasteiger partial charge in [0.2, 0.25) is 10.0 Å². The SMILES string of the molecule is Cc1cc(-c2ncc(C)[nH]2)nc([C@H]2CCCCN2S(C)(=O)=O)n1. The van der Waals surface area contributed by atoms with Crippen LogP contribution in [0.3, 0.4) is 0 Å². The minimum atomic E-state index is -3.28. The summed E-state index contributed by atoms with van der Waals surface area (Å²) in [7, 11) is -3.28. The van der Waals surface area contributed by atoms with Crippen LogP contribution in [0.25, 0.3) is 11.5 Å². The second kappa shape index (κ2) is 6.01. The Kier molecular flexibility index (Phi) is 4.20. The van der Waals surface area contributed by atoms with Crippen LogP contribution in [0.2, 0.25) is 0 Å². The largest absolute Gasteiger partial charge is 0.341 e. The van der Waals surface area contributed by atoms with Crippen molar-refractivity contribution in [1.29, 1.82) is 0 Å². The molecule has 0 spiro atoms. The zero-order valence-electron chi connectivity index (χ0n) is 13.6. The molecule has 3 rings (SSSR count). The number of imidazole rings is 1. The highest BCUT2D eigenvalue weighted by molar-refractivity contribution is 7.88. The molecule has 3 heterocycles. The number of sulfonamides is 1. The van der Waals surface area contributed by atoms with E-state index in [0.717, 1.165) is 30.7 Å². The summed E-state index contributed by atoms with van der Waals surface area (Å²) in [6.45, 7) is 4.34. The van der Waals surface area contributed by atoms with Gasteiger partial charge in [-0.1, -0.05) is 6.42 Å². The van der Waals surface area contributed by atoms with Gasteiger partial charge in [0.1, 0.15) is 11.5 Å². The third-order valence-electron chi connectivity index (χ3n) is 3.99. The minimum absolute atomic E-state index is 0.298. The number of aryl methyl sites for hydroxylation is 2. The van der Waals surface area contributed by atoms with E-state index in [4.69, 9.17) is 0 Å². The first kappa shape index (κ1) is 16.1. The van der Waals surface area contributed by atoms with E-state index in [1.807, 2.05) is 19.9 Å². The van der Waals surface area contributed by atoms with E-state index in [9.17, 15) is 8.42 Å². The highest BCUT2D eigenvalue weighted by Gasteiger charge is 2.32. The van der Waals surface area contributed by atoms with E-state index < -0.39 is 10.0 Å². The van der Waals surface area contributed by atoms with Crippen LogP contribution in [-0.4, -0.2) is 45.5 Å². The predicted octanol–water partition coefficient (Wildman–Crippen LogP) is 1.97. The van der Waals surface area contributed by atoms with E-state index >= 15 is 0 Å². The average molecular weight is 335 g/mol. The second-order valence-electron chi connectivity index (χ2n) is 6.05. The molecule has 0 aliphatic carbocycles. The number of rotatable bonds is 3. The topological polar surface area (TPSA) is 91.8 Å². The summed E-state index contributed by atoms with van der Waals surface area (Å²) in [6, 6.07) is 1.56. The van der Waals surface area contributed by atoms with Crippen LogP contribution in [0.1, 0.15) is 42.5 Å². The number of hydrogen-bond acceptors (Lipinski definition) is 5. The molecule has 2 aromatic heterocycles. The summed E-state index contributed by atoms with van der Waals surface area (Å²) in [5, 5.41) is 0. The van der Waals surface area contributed by atoms with Gasteiger partial charge >= 0.3 is 0 Å². The van der Waals surface area contributed by atoms with Gasteiger partial charge in [-0.2, -0.15) is 4.31 Å². The van der Waals surface area contributed by atoms with Crippen LogP contribution >= 0.6 is 0 Å². The molecule has 8 heteroatoms. The van der Waals surface area contributed by atoms with E-state index in [0.29, 0.717) is 23.9 Å². The lowest BCUT2D eigenvalue weighted by molar-refractivity contribution is 0.248. The summed E-state index contributed by atoms with van der Waals surface area (Å²) in [4.78, 5) is 16.5. The predicted molar refractivity (Wildman–Crippen MR) is 87.2 cm³/mol. The van der Waals surface area contributed by atoms with Gasteiger partial charge in [-0.25, -0.2) is 23.4 Å². The lowest BCUT2D eigenvalue weighted by Gasteiger charge is -2.32. The van der Waals surface area contributed by atoms with Crippen molar-refractivity contribution in [3.63, 3.8) is 0 Å². The van der Waals surface area contributed by atoms with Gasteiger partial charge in [0, 0.05) is 24.1 Å². The van der Waals surface area contributed by atoms with Crippen LogP contribution in [0.15, 0.2) is 12.3 Å². The second-order valence-corrected chi connectivity index (χ2v) is 7.99. The summed E-state index contributed by atoms with van der Waals surface area (Å²) >= 11 is 0. The molecule has 0 aromatic carbocycles. The van der Waals surface area contributed by atoms with Crippen molar-refractivity contribution in [2.24, 2.45) is 0 Å². The van der Waals surface area contributed by atoms with Crippen molar-refractivity contribution in [3.8, 4) is 11.5 Å². The maximum Gasteiger partial charge on any atom is 0.211 e. The summed E-state index contributed by atoms with van der Waals surface area (Å²) in [5.41, 5.74) is 2.45. The van der Waals surface area contributed by atoms with Crippen LogP contribution in [0.4, 0.5) is 0 Å². The quantitative estimate of drug-likeness (QED) is 0.926. The first-order valence-corrected chi connectivity index (χ1v) is 9.54. The third-order valence-corrected chi connectivity index (χ3v) is 5.28. The van der Waals surface area contributed by atoms with Gasteiger partial charge in [0.05, 0.1) is 12.3 Å². The van der Waals surface area contributed by atoms with Crippen LogP contribution < -0.4 is 0 Å². The zero-order chi connectivity index (χ0) is 16.6. The molecule has 2 aromatic rings. The van der Waals surface area contributed by atoms with E-state index in [1.165, 1.54) is 10.6 Å². The number of H-pyrrole nitrogens is 1. The molecule has 7 nitrogen and oxygen atoms in total. The molecule has 0 saturated carbocycles. The summed E-state index contributed by atoms with van der Waals surface area (Å²) in [6.07, 6.45) is 5.59. The Balaban J connectivity index is 2.03. The Hall–Kier alpha value is -1.80. The smallest absolute Gasteiger partial charge is 0.211 e. The van der Waals surface area contributed by atoms with Crippen molar-refractivity contribution in [2.75, 3.05) is 12.8 Å². The highest BCUT2D eigenvalue weighted by Crippen LogP contribution is 2.31.